The lowest BCUT2D eigenvalue weighted by Crippen LogP contribution is -2.48. The molecule has 3 aliphatic rings. The van der Waals surface area contributed by atoms with Gasteiger partial charge in [-0.05, 0) is 96.6 Å². The van der Waals surface area contributed by atoms with Gasteiger partial charge in [0, 0.05) is 0 Å². The van der Waals surface area contributed by atoms with Gasteiger partial charge < -0.3 is 29.8 Å². The van der Waals surface area contributed by atoms with E-state index in [2.05, 4.69) is 6.92 Å². The Labute approximate surface area is 192 Å². The first-order chi connectivity index (χ1) is 14.8. The molecule has 0 radical (unpaired) electrons. The van der Waals surface area contributed by atoms with Crippen LogP contribution in [0.4, 0.5) is 0 Å². The van der Waals surface area contributed by atoms with Gasteiger partial charge in [0.15, 0.2) is 0 Å². The maximum atomic E-state index is 11.7. The van der Waals surface area contributed by atoms with E-state index in [1.807, 2.05) is 12.1 Å². The third-order valence-corrected chi connectivity index (χ3v) is 14.4. The molecule has 0 saturated heterocycles. The predicted octanol–water partition coefficient (Wildman–Crippen LogP) is 3.60. The van der Waals surface area contributed by atoms with Crippen molar-refractivity contribution in [2.45, 2.75) is 62.2 Å². The van der Waals surface area contributed by atoms with Crippen molar-refractivity contribution < 1.29 is 38.9 Å². The van der Waals surface area contributed by atoms with Crippen LogP contribution in [-0.4, -0.2) is 46.4 Å². The number of benzene rings is 1. The molecule has 8 nitrogen and oxygen atoms in total. The third kappa shape index (κ3) is 4.48. The molecule has 4 rings (SSSR count). The second-order valence-corrected chi connectivity index (χ2v) is 15.7. The van der Waals surface area contributed by atoms with Crippen LogP contribution >= 0.6 is 27.0 Å². The monoisotopic (exact) mass is 506 g/mol. The maximum absolute atomic E-state index is 11.7. The lowest BCUT2D eigenvalue weighted by molar-refractivity contribution is -0.0485. The highest BCUT2D eigenvalue weighted by molar-refractivity contribution is 8.12. The van der Waals surface area contributed by atoms with Crippen LogP contribution < -0.4 is 0 Å². The molecule has 0 aromatic heterocycles. The number of fused-ring (bicyclic) bond motifs is 5. The Hall–Kier alpha value is -0.370. The lowest BCUT2D eigenvalue weighted by atomic mass is 9.51. The predicted molar refractivity (Wildman–Crippen MR) is 123 cm³/mol. The van der Waals surface area contributed by atoms with Crippen molar-refractivity contribution in [1.82, 2.24) is 0 Å². The fourth-order valence-corrected chi connectivity index (χ4v) is 11.2. The summed E-state index contributed by atoms with van der Waals surface area (Å²) in [7, 11) is -9.93. The molecular weight excluding hydrogens is 474 g/mol. The van der Waals surface area contributed by atoms with Gasteiger partial charge in [0.05, 0.1) is 6.10 Å². The van der Waals surface area contributed by atoms with Gasteiger partial charge in [0.2, 0.25) is 4.73 Å². The summed E-state index contributed by atoms with van der Waals surface area (Å²) in [4.78, 5) is 37.7. The van der Waals surface area contributed by atoms with Crippen LogP contribution in [0.15, 0.2) is 18.2 Å². The van der Waals surface area contributed by atoms with Gasteiger partial charge in [-0.1, -0.05) is 13.0 Å². The Morgan fingerprint density at radius 3 is 2.47 bits per heavy atom. The highest BCUT2D eigenvalue weighted by atomic mass is 32.2. The number of aromatic hydroxyl groups is 1. The molecule has 2 fully saturated rings. The average Bonchev–Trinajstić information content (AvgIpc) is 2.97. The molecule has 6 atom stereocenters. The van der Waals surface area contributed by atoms with Gasteiger partial charge in [0.1, 0.15) is 5.75 Å². The summed E-state index contributed by atoms with van der Waals surface area (Å²) in [6.45, 7) is 2.14. The standard InChI is InChI=1S/C21H32O8P2S/c1-21-11-13(8-9-32-20(30(24,25)26)31(27,28)29)19-15-5-3-14(22)10-12(15)2-4-16(19)17(21)6-7-18(21)23/h3,5,10,13,16-20,22-23H,2,4,6-9,11H2,1H3,(H2,24,25,26)(H2,27,28,29)/t13?,16-,17-,18-,19+,21-/m0/s1. The molecule has 0 amide bonds. The summed E-state index contributed by atoms with van der Waals surface area (Å²) in [5.41, 5.74) is 2.09. The fraction of sp³-hybridized carbons (Fsp3) is 0.714. The third-order valence-electron chi connectivity index (χ3n) is 8.11. The first-order valence-electron chi connectivity index (χ1n) is 11.0. The topological polar surface area (TPSA) is 156 Å². The lowest BCUT2D eigenvalue weighted by Gasteiger charge is -2.54. The highest BCUT2D eigenvalue weighted by Crippen LogP contribution is 2.66. The van der Waals surface area contributed by atoms with Crippen LogP contribution in [0.3, 0.4) is 0 Å². The Bertz CT molecular complexity index is 939. The zero-order valence-electron chi connectivity index (χ0n) is 17.9. The van der Waals surface area contributed by atoms with Crippen molar-refractivity contribution >= 4 is 27.0 Å². The van der Waals surface area contributed by atoms with E-state index >= 15 is 0 Å². The Balaban J connectivity index is 1.61. The Kier molecular flexibility index (Phi) is 6.72. The zero-order valence-corrected chi connectivity index (χ0v) is 20.6. The number of phenolic OH excluding ortho intramolecular Hbond substituents is 1. The van der Waals surface area contributed by atoms with Crippen molar-refractivity contribution in [3.8, 4) is 5.75 Å². The molecule has 0 heterocycles. The number of aryl methyl sites for hydroxylation is 1. The molecule has 1 unspecified atom stereocenters. The van der Waals surface area contributed by atoms with Gasteiger partial charge in [-0.3, -0.25) is 9.13 Å². The van der Waals surface area contributed by atoms with Crippen LogP contribution in [-0.2, 0) is 15.6 Å². The molecule has 1 aromatic carbocycles. The van der Waals surface area contributed by atoms with Gasteiger partial charge in [-0.2, -0.15) is 0 Å². The molecular formula is C21H32O8P2S. The van der Waals surface area contributed by atoms with E-state index in [1.54, 1.807) is 6.07 Å². The number of rotatable bonds is 6. The average molecular weight is 506 g/mol. The number of hydrogen-bond donors (Lipinski definition) is 6. The summed E-state index contributed by atoms with van der Waals surface area (Å²) in [5.74, 6) is 1.52. The second-order valence-electron chi connectivity index (χ2n) is 9.95. The smallest absolute Gasteiger partial charge is 0.350 e. The van der Waals surface area contributed by atoms with E-state index in [0.29, 0.717) is 30.0 Å². The molecule has 0 spiro atoms. The Morgan fingerprint density at radius 1 is 1.12 bits per heavy atom. The van der Waals surface area contributed by atoms with Gasteiger partial charge in [-0.15, -0.1) is 11.8 Å². The molecule has 180 valence electrons. The van der Waals surface area contributed by atoms with Gasteiger partial charge >= 0.3 is 15.2 Å². The minimum atomic E-state index is -4.96. The highest BCUT2D eigenvalue weighted by Gasteiger charge is 2.57. The van der Waals surface area contributed by atoms with Crippen molar-refractivity contribution in [2.75, 3.05) is 5.75 Å². The van der Waals surface area contributed by atoms with E-state index in [-0.39, 0.29) is 34.9 Å². The van der Waals surface area contributed by atoms with E-state index in [0.717, 1.165) is 37.7 Å². The molecule has 11 heteroatoms. The summed E-state index contributed by atoms with van der Waals surface area (Å²) in [6, 6.07) is 5.48. The number of aliphatic hydroxyl groups excluding tert-OH is 1. The molecule has 0 aliphatic heterocycles. The molecule has 32 heavy (non-hydrogen) atoms. The number of phenols is 1. The van der Waals surface area contributed by atoms with E-state index in [4.69, 9.17) is 0 Å². The van der Waals surface area contributed by atoms with Crippen LogP contribution in [0.5, 0.6) is 5.75 Å². The van der Waals surface area contributed by atoms with Crippen molar-refractivity contribution in [3.05, 3.63) is 29.3 Å². The minimum absolute atomic E-state index is 0.110. The summed E-state index contributed by atoms with van der Waals surface area (Å²) >= 11 is 0.648. The molecule has 6 N–H and O–H groups in total. The summed E-state index contributed by atoms with van der Waals surface area (Å²) in [5, 5.41) is 20.8. The minimum Gasteiger partial charge on any atom is -0.508 e. The quantitative estimate of drug-likeness (QED) is 0.317. The van der Waals surface area contributed by atoms with Gasteiger partial charge in [-0.25, -0.2) is 0 Å². The normalized spacial score (nSPS) is 34.8. The van der Waals surface area contributed by atoms with E-state index < -0.39 is 19.9 Å². The molecule has 3 aliphatic carbocycles. The molecule has 1 aromatic rings. The number of hydrogen-bond acceptors (Lipinski definition) is 5. The Morgan fingerprint density at radius 2 is 1.81 bits per heavy atom. The van der Waals surface area contributed by atoms with Crippen molar-refractivity contribution in [2.24, 2.45) is 23.2 Å². The fourth-order valence-electron chi connectivity index (χ4n) is 6.84. The van der Waals surface area contributed by atoms with E-state index in [1.165, 1.54) is 5.56 Å². The van der Waals surface area contributed by atoms with Crippen LogP contribution in [0.2, 0.25) is 0 Å². The largest absolute Gasteiger partial charge is 0.508 e. The summed E-state index contributed by atoms with van der Waals surface area (Å²) < 4.78 is 21.3. The van der Waals surface area contributed by atoms with Crippen molar-refractivity contribution in [3.63, 3.8) is 0 Å². The SMILES string of the molecule is C[C@]12CC(CCSC(P(=O)(O)O)P(=O)(O)O)[C@@H]3c4ccc(O)cc4CC[C@H]3[C@@H]1CC[C@@H]2O. The number of thioether (sulfide) groups is 1. The molecule has 0 bridgehead atoms. The zero-order chi connectivity index (χ0) is 23.5. The first-order valence-corrected chi connectivity index (χ1v) is 15.5. The molecule has 2 saturated carbocycles. The van der Waals surface area contributed by atoms with Crippen LogP contribution in [0, 0.1) is 23.2 Å². The van der Waals surface area contributed by atoms with Gasteiger partial charge in [0.25, 0.3) is 0 Å². The summed E-state index contributed by atoms with van der Waals surface area (Å²) in [6.07, 6.45) is 4.50. The number of aliphatic hydroxyl groups is 1. The first kappa shape index (κ1) is 24.7. The van der Waals surface area contributed by atoms with Crippen LogP contribution in [0.25, 0.3) is 0 Å². The van der Waals surface area contributed by atoms with Crippen LogP contribution in [0.1, 0.15) is 56.1 Å². The van der Waals surface area contributed by atoms with Crippen molar-refractivity contribution in [1.29, 1.82) is 0 Å². The van der Waals surface area contributed by atoms with E-state index in [9.17, 15) is 38.9 Å². The second kappa shape index (κ2) is 8.69. The maximum Gasteiger partial charge on any atom is 0.350 e.